The number of para-hydroxylation sites is 1. The van der Waals surface area contributed by atoms with E-state index in [-0.39, 0.29) is 5.92 Å². The van der Waals surface area contributed by atoms with Gasteiger partial charge in [0.1, 0.15) is 17.7 Å². The van der Waals surface area contributed by atoms with Gasteiger partial charge in [-0.3, -0.25) is 0 Å². The van der Waals surface area contributed by atoms with Crippen molar-refractivity contribution in [1.29, 1.82) is 0 Å². The summed E-state index contributed by atoms with van der Waals surface area (Å²) < 4.78 is 0. The van der Waals surface area contributed by atoms with Crippen LogP contribution in [0.1, 0.15) is 25.6 Å². The van der Waals surface area contributed by atoms with Gasteiger partial charge in [0, 0.05) is 11.3 Å². The molecule has 3 N–H and O–H groups in total. The molecule has 1 heterocycles. The largest absolute Gasteiger partial charge is 0.480 e. The first-order valence-electron chi connectivity index (χ1n) is 6.39. The van der Waals surface area contributed by atoms with Gasteiger partial charge in [0.15, 0.2) is 0 Å². The van der Waals surface area contributed by atoms with Gasteiger partial charge >= 0.3 is 5.97 Å². The van der Waals surface area contributed by atoms with Crippen LogP contribution in [0.3, 0.4) is 0 Å². The molecule has 1 aromatic heterocycles. The molecule has 0 aliphatic carbocycles. The molecule has 1 unspecified atom stereocenters. The van der Waals surface area contributed by atoms with Crippen LogP contribution in [0, 0.1) is 0 Å². The maximum Gasteiger partial charge on any atom is 0.328 e. The highest BCUT2D eigenvalue weighted by Crippen LogP contribution is 2.23. The molecule has 0 fully saturated rings. The minimum absolute atomic E-state index is 0.123. The van der Waals surface area contributed by atoms with Crippen LogP contribution in [0.25, 0.3) is 10.9 Å². The summed E-state index contributed by atoms with van der Waals surface area (Å²) in [4.78, 5) is 19.9. The molecule has 0 saturated carbocycles. The highest BCUT2D eigenvalue weighted by Gasteiger charge is 2.19. The summed E-state index contributed by atoms with van der Waals surface area (Å²) in [6.45, 7) is 3.42. The molecule has 1 atom stereocenters. The molecule has 2 rings (SSSR count). The molecule has 106 valence electrons. The Labute approximate surface area is 116 Å². The van der Waals surface area contributed by atoms with Crippen LogP contribution in [0.2, 0.25) is 0 Å². The standard InChI is InChI=1S/C14H17N3O3/c1-8(2)12-15-10-6-4-3-5-9(10)13(17-12)16-11(7-18)14(19)20/h3-6,8,11,18H,7H2,1-2H3,(H,19,20)(H,15,16,17). The maximum atomic E-state index is 11.0. The number of aromatic nitrogens is 2. The van der Waals surface area contributed by atoms with E-state index < -0.39 is 18.6 Å². The third-order valence-electron chi connectivity index (χ3n) is 2.93. The quantitative estimate of drug-likeness (QED) is 0.767. The summed E-state index contributed by atoms with van der Waals surface area (Å²) >= 11 is 0. The second-order valence-corrected chi connectivity index (χ2v) is 4.82. The first-order valence-corrected chi connectivity index (χ1v) is 6.39. The fourth-order valence-electron chi connectivity index (χ4n) is 1.81. The summed E-state index contributed by atoms with van der Waals surface area (Å²) in [7, 11) is 0. The first kappa shape index (κ1) is 14.2. The van der Waals surface area contributed by atoms with E-state index in [1.807, 2.05) is 38.1 Å². The molecule has 6 heteroatoms. The zero-order valence-corrected chi connectivity index (χ0v) is 11.4. The molecule has 1 aromatic carbocycles. The number of carbonyl (C=O) groups is 1. The van der Waals surface area contributed by atoms with E-state index in [4.69, 9.17) is 10.2 Å². The van der Waals surface area contributed by atoms with Gasteiger partial charge in [-0.1, -0.05) is 26.0 Å². The fourth-order valence-corrected chi connectivity index (χ4v) is 1.81. The van der Waals surface area contributed by atoms with Crippen molar-refractivity contribution >= 4 is 22.7 Å². The summed E-state index contributed by atoms with van der Waals surface area (Å²) in [6, 6.07) is 6.28. The monoisotopic (exact) mass is 275 g/mol. The highest BCUT2D eigenvalue weighted by molar-refractivity contribution is 5.91. The minimum atomic E-state index is -1.12. The van der Waals surface area contributed by atoms with Crippen molar-refractivity contribution in [3.8, 4) is 0 Å². The lowest BCUT2D eigenvalue weighted by Gasteiger charge is -2.16. The van der Waals surface area contributed by atoms with Crippen LogP contribution >= 0.6 is 0 Å². The molecule has 0 saturated heterocycles. The van der Waals surface area contributed by atoms with Gasteiger partial charge in [-0.15, -0.1) is 0 Å². The number of hydrogen-bond acceptors (Lipinski definition) is 5. The molecule has 0 aliphatic rings. The van der Waals surface area contributed by atoms with Gasteiger partial charge < -0.3 is 15.5 Å². The lowest BCUT2D eigenvalue weighted by Crippen LogP contribution is -2.33. The number of fused-ring (bicyclic) bond motifs is 1. The first-order chi connectivity index (χ1) is 9.52. The average Bonchev–Trinajstić information content (AvgIpc) is 2.43. The average molecular weight is 275 g/mol. The Kier molecular flexibility index (Phi) is 4.14. The van der Waals surface area contributed by atoms with Crippen LogP contribution < -0.4 is 5.32 Å². The number of aliphatic hydroxyl groups excluding tert-OH is 1. The van der Waals surface area contributed by atoms with E-state index in [9.17, 15) is 4.79 Å². The maximum absolute atomic E-state index is 11.0. The summed E-state index contributed by atoms with van der Waals surface area (Å²) in [6.07, 6.45) is 0. The zero-order valence-electron chi connectivity index (χ0n) is 11.4. The lowest BCUT2D eigenvalue weighted by atomic mass is 10.1. The number of aliphatic hydroxyl groups is 1. The topological polar surface area (TPSA) is 95.3 Å². The highest BCUT2D eigenvalue weighted by atomic mass is 16.4. The number of nitrogens with zero attached hydrogens (tertiary/aromatic N) is 2. The second kappa shape index (κ2) is 5.83. The molecule has 6 nitrogen and oxygen atoms in total. The van der Waals surface area contributed by atoms with Gasteiger partial charge in [-0.05, 0) is 12.1 Å². The SMILES string of the molecule is CC(C)c1nc(NC(CO)C(=O)O)c2ccccc2n1. The Morgan fingerprint density at radius 2 is 2.00 bits per heavy atom. The number of rotatable bonds is 5. The molecule has 0 bridgehead atoms. The molecule has 20 heavy (non-hydrogen) atoms. The van der Waals surface area contributed by atoms with Crippen molar-refractivity contribution in [1.82, 2.24) is 9.97 Å². The smallest absolute Gasteiger partial charge is 0.328 e. The van der Waals surface area contributed by atoms with E-state index in [0.29, 0.717) is 11.6 Å². The summed E-state index contributed by atoms with van der Waals surface area (Å²) in [5, 5.41) is 21.6. The zero-order chi connectivity index (χ0) is 14.7. The van der Waals surface area contributed by atoms with E-state index in [0.717, 1.165) is 10.9 Å². The van der Waals surface area contributed by atoms with Crippen LogP contribution in [0.5, 0.6) is 0 Å². The predicted molar refractivity (Wildman–Crippen MR) is 75.8 cm³/mol. The molecule has 0 amide bonds. The van der Waals surface area contributed by atoms with Gasteiger partial charge in [0.05, 0.1) is 12.1 Å². The van der Waals surface area contributed by atoms with E-state index in [2.05, 4.69) is 15.3 Å². The van der Waals surface area contributed by atoms with Crippen molar-refractivity contribution in [2.45, 2.75) is 25.8 Å². The predicted octanol–water partition coefficient (Wildman–Crippen LogP) is 1.61. The fraction of sp³-hybridized carbons (Fsp3) is 0.357. The van der Waals surface area contributed by atoms with Crippen LogP contribution in [0.4, 0.5) is 5.82 Å². The van der Waals surface area contributed by atoms with Crippen LogP contribution in [-0.4, -0.2) is 38.8 Å². The Morgan fingerprint density at radius 1 is 1.30 bits per heavy atom. The molecular formula is C14H17N3O3. The van der Waals surface area contributed by atoms with Crippen molar-refractivity contribution in [2.75, 3.05) is 11.9 Å². The number of anilines is 1. The summed E-state index contributed by atoms with van der Waals surface area (Å²) in [5.74, 6) is 0.0629. The Hall–Kier alpha value is -2.21. The van der Waals surface area contributed by atoms with Gasteiger partial charge in [0.2, 0.25) is 0 Å². The van der Waals surface area contributed by atoms with Crippen LogP contribution in [0.15, 0.2) is 24.3 Å². The minimum Gasteiger partial charge on any atom is -0.480 e. The number of carboxylic acid groups (broad SMARTS) is 1. The van der Waals surface area contributed by atoms with Crippen molar-refractivity contribution in [2.24, 2.45) is 0 Å². The number of carboxylic acids is 1. The molecule has 2 aromatic rings. The third-order valence-corrected chi connectivity index (χ3v) is 2.93. The Bertz CT molecular complexity index is 628. The Morgan fingerprint density at radius 3 is 2.60 bits per heavy atom. The second-order valence-electron chi connectivity index (χ2n) is 4.82. The van der Waals surface area contributed by atoms with Gasteiger partial charge in [-0.2, -0.15) is 0 Å². The Balaban J connectivity index is 2.52. The molecule has 0 radical (unpaired) electrons. The van der Waals surface area contributed by atoms with E-state index in [1.54, 1.807) is 0 Å². The van der Waals surface area contributed by atoms with Gasteiger partial charge in [0.25, 0.3) is 0 Å². The van der Waals surface area contributed by atoms with E-state index in [1.165, 1.54) is 0 Å². The molecular weight excluding hydrogens is 258 g/mol. The van der Waals surface area contributed by atoms with Crippen LogP contribution in [-0.2, 0) is 4.79 Å². The number of aliphatic carboxylic acids is 1. The number of hydrogen-bond donors (Lipinski definition) is 3. The molecule has 0 aliphatic heterocycles. The molecule has 0 spiro atoms. The third kappa shape index (κ3) is 2.85. The normalized spacial score (nSPS) is 12.6. The van der Waals surface area contributed by atoms with E-state index >= 15 is 0 Å². The summed E-state index contributed by atoms with van der Waals surface area (Å²) in [5.41, 5.74) is 0.746. The van der Waals surface area contributed by atoms with Crippen molar-refractivity contribution < 1.29 is 15.0 Å². The number of nitrogens with one attached hydrogen (secondary N) is 1. The lowest BCUT2D eigenvalue weighted by molar-refractivity contribution is -0.138. The number of benzene rings is 1. The van der Waals surface area contributed by atoms with Crippen molar-refractivity contribution in [3.63, 3.8) is 0 Å². The van der Waals surface area contributed by atoms with Gasteiger partial charge in [-0.25, -0.2) is 14.8 Å². The van der Waals surface area contributed by atoms with Crippen molar-refractivity contribution in [3.05, 3.63) is 30.1 Å².